The Morgan fingerprint density at radius 1 is 1.73 bits per heavy atom. The molecule has 1 aliphatic carbocycles. The van der Waals surface area contributed by atoms with Crippen LogP contribution in [0.2, 0.25) is 0 Å². The molecule has 1 aromatic rings. The Hall–Kier alpha value is -0.940. The maximum atomic E-state index is 10.4. The first-order valence-electron chi connectivity index (χ1n) is 5.52. The Labute approximate surface area is 89.3 Å². The molecule has 3 N–H and O–H groups in total. The number of nitrogens with two attached hydrogens (primary N) is 1. The van der Waals surface area contributed by atoms with Gasteiger partial charge >= 0.3 is 0 Å². The largest absolute Gasteiger partial charge is 0.383 e. The smallest absolute Gasteiger partial charge is 0.109 e. The van der Waals surface area contributed by atoms with Gasteiger partial charge in [-0.1, -0.05) is 12.1 Å². The average Bonchev–Trinajstić information content (AvgIpc) is 2.75. The summed E-state index contributed by atoms with van der Waals surface area (Å²) >= 11 is 0. The molecule has 1 saturated carbocycles. The van der Waals surface area contributed by atoms with Crippen molar-refractivity contribution in [1.29, 1.82) is 0 Å². The number of rotatable bonds is 3. The van der Waals surface area contributed by atoms with Crippen LogP contribution in [-0.2, 0) is 12.1 Å². The molecule has 84 valence electrons. The SMILES string of the molecule is CCCn1nncc1C1(O)CCC(N)C1. The summed E-state index contributed by atoms with van der Waals surface area (Å²) in [4.78, 5) is 0. The minimum Gasteiger partial charge on any atom is -0.383 e. The van der Waals surface area contributed by atoms with Gasteiger partial charge in [0.1, 0.15) is 5.60 Å². The molecule has 1 aliphatic rings. The minimum absolute atomic E-state index is 0.0972. The normalized spacial score (nSPS) is 31.0. The van der Waals surface area contributed by atoms with E-state index in [1.807, 2.05) is 0 Å². The zero-order valence-electron chi connectivity index (χ0n) is 9.06. The topological polar surface area (TPSA) is 77.0 Å². The van der Waals surface area contributed by atoms with Crippen LogP contribution in [0.5, 0.6) is 0 Å². The van der Waals surface area contributed by atoms with Crippen LogP contribution in [0.4, 0.5) is 0 Å². The predicted octanol–water partition coefficient (Wildman–Crippen LogP) is 0.387. The number of aryl methyl sites for hydroxylation is 1. The Balaban J connectivity index is 2.24. The molecular formula is C10H18N4O. The van der Waals surface area contributed by atoms with E-state index in [1.165, 1.54) is 0 Å². The highest BCUT2D eigenvalue weighted by molar-refractivity contribution is 5.12. The highest BCUT2D eigenvalue weighted by Gasteiger charge is 2.40. The summed E-state index contributed by atoms with van der Waals surface area (Å²) in [5.74, 6) is 0. The lowest BCUT2D eigenvalue weighted by Gasteiger charge is -2.22. The first kappa shape index (κ1) is 10.6. The van der Waals surface area contributed by atoms with E-state index in [9.17, 15) is 5.11 Å². The quantitative estimate of drug-likeness (QED) is 0.756. The summed E-state index contributed by atoms with van der Waals surface area (Å²) in [6.07, 6.45) is 4.84. The summed E-state index contributed by atoms with van der Waals surface area (Å²) in [5, 5.41) is 18.3. The Morgan fingerprint density at radius 3 is 3.13 bits per heavy atom. The Kier molecular flexibility index (Phi) is 2.75. The van der Waals surface area contributed by atoms with Crippen LogP contribution in [0.15, 0.2) is 6.20 Å². The summed E-state index contributed by atoms with van der Waals surface area (Å²) < 4.78 is 1.79. The minimum atomic E-state index is -0.807. The van der Waals surface area contributed by atoms with Crippen LogP contribution >= 0.6 is 0 Å². The van der Waals surface area contributed by atoms with E-state index in [0.717, 1.165) is 25.1 Å². The zero-order chi connectivity index (χ0) is 10.9. The van der Waals surface area contributed by atoms with Gasteiger partial charge in [0.25, 0.3) is 0 Å². The van der Waals surface area contributed by atoms with E-state index in [4.69, 9.17) is 5.73 Å². The summed E-state index contributed by atoms with van der Waals surface area (Å²) in [6.45, 7) is 2.88. The lowest BCUT2D eigenvalue weighted by atomic mass is 9.98. The van der Waals surface area contributed by atoms with Gasteiger partial charge in [0, 0.05) is 12.6 Å². The first-order chi connectivity index (χ1) is 7.15. The molecule has 1 heterocycles. The van der Waals surface area contributed by atoms with Crippen LogP contribution < -0.4 is 5.73 Å². The maximum Gasteiger partial charge on any atom is 0.109 e. The second kappa shape index (κ2) is 3.90. The maximum absolute atomic E-state index is 10.4. The molecule has 1 fully saturated rings. The molecule has 0 spiro atoms. The van der Waals surface area contributed by atoms with Gasteiger partial charge < -0.3 is 10.8 Å². The molecule has 2 atom stereocenters. The van der Waals surface area contributed by atoms with E-state index in [0.29, 0.717) is 12.8 Å². The molecule has 0 amide bonds. The molecule has 0 aliphatic heterocycles. The number of aromatic nitrogens is 3. The molecule has 2 unspecified atom stereocenters. The third-order valence-electron chi connectivity index (χ3n) is 3.06. The van der Waals surface area contributed by atoms with Crippen molar-refractivity contribution in [2.24, 2.45) is 5.73 Å². The van der Waals surface area contributed by atoms with Crippen molar-refractivity contribution in [2.45, 2.75) is 50.8 Å². The van der Waals surface area contributed by atoms with Crippen LogP contribution in [0.1, 0.15) is 38.3 Å². The second-order valence-corrected chi connectivity index (χ2v) is 4.38. The molecule has 15 heavy (non-hydrogen) atoms. The average molecular weight is 210 g/mol. The van der Waals surface area contributed by atoms with Crippen LogP contribution in [0.25, 0.3) is 0 Å². The van der Waals surface area contributed by atoms with Crippen molar-refractivity contribution >= 4 is 0 Å². The highest BCUT2D eigenvalue weighted by Crippen LogP contribution is 2.37. The third kappa shape index (κ3) is 1.89. The van der Waals surface area contributed by atoms with Crippen molar-refractivity contribution in [3.05, 3.63) is 11.9 Å². The highest BCUT2D eigenvalue weighted by atomic mass is 16.3. The lowest BCUT2D eigenvalue weighted by molar-refractivity contribution is 0.0335. The molecule has 0 bridgehead atoms. The molecule has 5 heteroatoms. The fraction of sp³-hybridized carbons (Fsp3) is 0.800. The lowest BCUT2D eigenvalue weighted by Crippen LogP contribution is -2.28. The van der Waals surface area contributed by atoms with Crippen molar-refractivity contribution < 1.29 is 5.11 Å². The van der Waals surface area contributed by atoms with Gasteiger partial charge in [-0.05, 0) is 25.7 Å². The number of nitrogens with zero attached hydrogens (tertiary/aromatic N) is 3. The van der Waals surface area contributed by atoms with Crippen molar-refractivity contribution in [3.63, 3.8) is 0 Å². The van der Waals surface area contributed by atoms with Gasteiger partial charge in [-0.2, -0.15) is 0 Å². The summed E-state index contributed by atoms with van der Waals surface area (Å²) in [6, 6.07) is 0.0972. The summed E-state index contributed by atoms with van der Waals surface area (Å²) in [5.41, 5.74) is 5.84. The number of aliphatic hydroxyl groups is 1. The predicted molar refractivity (Wildman–Crippen MR) is 56.0 cm³/mol. The fourth-order valence-electron chi connectivity index (χ4n) is 2.29. The molecular weight excluding hydrogens is 192 g/mol. The monoisotopic (exact) mass is 210 g/mol. The van der Waals surface area contributed by atoms with Gasteiger partial charge in [0.2, 0.25) is 0 Å². The molecule has 5 nitrogen and oxygen atoms in total. The molecule has 1 aromatic heterocycles. The Morgan fingerprint density at radius 2 is 2.53 bits per heavy atom. The molecule has 2 rings (SSSR count). The van der Waals surface area contributed by atoms with Crippen molar-refractivity contribution in [2.75, 3.05) is 0 Å². The summed E-state index contributed by atoms with van der Waals surface area (Å²) in [7, 11) is 0. The number of hydrogen-bond donors (Lipinski definition) is 2. The molecule has 0 aromatic carbocycles. The fourth-order valence-corrected chi connectivity index (χ4v) is 2.29. The van der Waals surface area contributed by atoms with E-state index >= 15 is 0 Å². The second-order valence-electron chi connectivity index (χ2n) is 4.38. The van der Waals surface area contributed by atoms with Crippen LogP contribution in [0.3, 0.4) is 0 Å². The third-order valence-corrected chi connectivity index (χ3v) is 3.06. The van der Waals surface area contributed by atoms with Crippen molar-refractivity contribution in [3.8, 4) is 0 Å². The van der Waals surface area contributed by atoms with Crippen molar-refractivity contribution in [1.82, 2.24) is 15.0 Å². The number of hydrogen-bond acceptors (Lipinski definition) is 4. The van der Waals surface area contributed by atoms with E-state index in [2.05, 4.69) is 17.2 Å². The van der Waals surface area contributed by atoms with E-state index in [1.54, 1.807) is 10.9 Å². The Bertz CT molecular complexity index is 338. The molecule has 0 radical (unpaired) electrons. The first-order valence-corrected chi connectivity index (χ1v) is 5.52. The van der Waals surface area contributed by atoms with Gasteiger partial charge in [0.15, 0.2) is 0 Å². The molecule has 0 saturated heterocycles. The standard InChI is InChI=1S/C10H18N4O/c1-2-5-14-9(7-12-13-14)10(15)4-3-8(11)6-10/h7-8,15H,2-6,11H2,1H3. The van der Waals surface area contributed by atoms with Gasteiger partial charge in [0.05, 0.1) is 11.9 Å². The van der Waals surface area contributed by atoms with E-state index in [-0.39, 0.29) is 6.04 Å². The van der Waals surface area contributed by atoms with Crippen LogP contribution in [-0.4, -0.2) is 26.1 Å². The van der Waals surface area contributed by atoms with Gasteiger partial charge in [-0.15, -0.1) is 5.10 Å². The van der Waals surface area contributed by atoms with E-state index < -0.39 is 5.60 Å². The van der Waals surface area contributed by atoms with Gasteiger partial charge in [-0.25, -0.2) is 4.68 Å². The van der Waals surface area contributed by atoms with Crippen LogP contribution in [0, 0.1) is 0 Å². The van der Waals surface area contributed by atoms with Gasteiger partial charge in [-0.3, -0.25) is 0 Å². The zero-order valence-corrected chi connectivity index (χ0v) is 9.06.